The van der Waals surface area contributed by atoms with Gasteiger partial charge in [-0.3, -0.25) is 9.59 Å². The van der Waals surface area contributed by atoms with Crippen molar-refractivity contribution in [3.05, 3.63) is 0 Å². The van der Waals surface area contributed by atoms with Gasteiger partial charge in [0.25, 0.3) is 0 Å². The number of carbonyl (C=O) groups is 2. The molecule has 5 nitrogen and oxygen atoms in total. The van der Waals surface area contributed by atoms with Crippen LogP contribution in [-0.4, -0.2) is 24.5 Å². The lowest BCUT2D eigenvalue weighted by molar-refractivity contribution is -0.251. The summed E-state index contributed by atoms with van der Waals surface area (Å²) in [5.74, 6) is 0.604. The molecule has 0 aromatic carbocycles. The predicted molar refractivity (Wildman–Crippen MR) is 97.1 cm³/mol. The number of hydrogen-bond acceptors (Lipinski definition) is 5. The van der Waals surface area contributed by atoms with Gasteiger partial charge in [0, 0.05) is 18.3 Å². The number of rotatable bonds is 1. The number of carbonyl (C=O) groups excluding carboxylic acids is 2. The summed E-state index contributed by atoms with van der Waals surface area (Å²) >= 11 is 0. The van der Waals surface area contributed by atoms with Gasteiger partial charge in [-0.05, 0) is 61.2 Å². The molecule has 3 aliphatic carbocycles. The molecule has 5 rings (SSSR count). The Morgan fingerprint density at radius 1 is 1.07 bits per heavy atom. The summed E-state index contributed by atoms with van der Waals surface area (Å²) in [7, 11) is 0. The molecule has 0 aromatic heterocycles. The highest BCUT2D eigenvalue weighted by atomic mass is 16.8. The molecule has 3 saturated carbocycles. The normalized spacial score (nSPS) is 52.4. The molecule has 27 heavy (non-hydrogen) atoms. The van der Waals surface area contributed by atoms with Crippen LogP contribution in [0.25, 0.3) is 0 Å². The van der Waals surface area contributed by atoms with Crippen molar-refractivity contribution in [1.82, 2.24) is 0 Å². The van der Waals surface area contributed by atoms with E-state index >= 15 is 0 Å². The molecule has 0 amide bonds. The van der Waals surface area contributed by atoms with E-state index in [4.69, 9.17) is 14.2 Å². The molecule has 2 aliphatic heterocycles. The lowest BCUT2D eigenvalue weighted by Crippen LogP contribution is -2.62. The van der Waals surface area contributed by atoms with Crippen LogP contribution in [0.2, 0.25) is 0 Å². The van der Waals surface area contributed by atoms with Crippen molar-refractivity contribution in [3.8, 4) is 0 Å². The molecular formula is C22H32O5. The van der Waals surface area contributed by atoms with Crippen LogP contribution in [0, 0.1) is 39.9 Å². The second-order valence-electron chi connectivity index (χ2n) is 10.7. The van der Waals surface area contributed by atoms with Crippen molar-refractivity contribution in [2.45, 2.75) is 85.2 Å². The number of esters is 2. The zero-order valence-electron chi connectivity index (χ0n) is 17.0. The summed E-state index contributed by atoms with van der Waals surface area (Å²) in [5, 5.41) is 0. The fourth-order valence-corrected chi connectivity index (χ4v) is 8.45. The molecular weight excluding hydrogens is 344 g/mol. The first-order chi connectivity index (χ1) is 12.7. The molecule has 5 aliphatic rings. The zero-order chi connectivity index (χ0) is 19.2. The first-order valence-electron chi connectivity index (χ1n) is 10.7. The average Bonchev–Trinajstić information content (AvgIpc) is 3.04. The van der Waals surface area contributed by atoms with Crippen LogP contribution in [0.1, 0.15) is 72.6 Å². The monoisotopic (exact) mass is 376 g/mol. The summed E-state index contributed by atoms with van der Waals surface area (Å²) in [6.07, 6.45) is 6.61. The minimum atomic E-state index is -0.575. The van der Waals surface area contributed by atoms with Gasteiger partial charge in [-0.1, -0.05) is 27.2 Å². The van der Waals surface area contributed by atoms with Crippen LogP contribution < -0.4 is 0 Å². The number of fused-ring (bicyclic) bond motifs is 2. The molecule has 1 spiro atoms. The maximum Gasteiger partial charge on any atom is 0.311 e. The van der Waals surface area contributed by atoms with Crippen LogP contribution in [0.4, 0.5) is 0 Å². The SMILES string of the molecule is CC(=O)O[C@H]1O[C@@H]2OC(=O)[C@@H]3CC[C@@H]4[C@@]5(C)CCCC(C)(C)[C@@H]5CC[C@]14[C@H]23. The summed E-state index contributed by atoms with van der Waals surface area (Å²) in [4.78, 5) is 24.3. The van der Waals surface area contributed by atoms with Gasteiger partial charge in [0.2, 0.25) is 12.6 Å². The van der Waals surface area contributed by atoms with E-state index < -0.39 is 12.6 Å². The molecule has 0 bridgehead atoms. The molecule has 0 aromatic rings. The van der Waals surface area contributed by atoms with E-state index in [2.05, 4.69) is 20.8 Å². The van der Waals surface area contributed by atoms with Crippen molar-refractivity contribution in [1.29, 1.82) is 0 Å². The van der Waals surface area contributed by atoms with Crippen LogP contribution in [0.3, 0.4) is 0 Å². The minimum Gasteiger partial charge on any atom is -0.435 e. The summed E-state index contributed by atoms with van der Waals surface area (Å²) in [6, 6.07) is 0. The molecule has 8 atom stereocenters. The number of ether oxygens (including phenoxy) is 3. The number of hydrogen-bond donors (Lipinski definition) is 0. The highest BCUT2D eigenvalue weighted by molar-refractivity contribution is 5.76. The van der Waals surface area contributed by atoms with Gasteiger partial charge in [-0.2, -0.15) is 0 Å². The smallest absolute Gasteiger partial charge is 0.311 e. The third-order valence-corrected chi connectivity index (χ3v) is 9.21. The Hall–Kier alpha value is -1.10. The van der Waals surface area contributed by atoms with Crippen molar-refractivity contribution in [2.24, 2.45) is 39.9 Å². The van der Waals surface area contributed by atoms with E-state index in [1.807, 2.05) is 0 Å². The van der Waals surface area contributed by atoms with E-state index in [1.54, 1.807) is 0 Å². The van der Waals surface area contributed by atoms with E-state index in [1.165, 1.54) is 26.2 Å². The van der Waals surface area contributed by atoms with Gasteiger partial charge in [-0.15, -0.1) is 0 Å². The quantitative estimate of drug-likeness (QED) is 0.646. The Labute approximate surface area is 161 Å². The fourth-order valence-electron chi connectivity index (χ4n) is 8.45. The third-order valence-electron chi connectivity index (χ3n) is 9.21. The highest BCUT2D eigenvalue weighted by Gasteiger charge is 2.75. The van der Waals surface area contributed by atoms with E-state index in [0.717, 1.165) is 25.7 Å². The Bertz CT molecular complexity index is 686. The molecule has 2 heterocycles. The zero-order valence-corrected chi connectivity index (χ0v) is 17.0. The molecule has 5 fully saturated rings. The first kappa shape index (κ1) is 18.0. The van der Waals surface area contributed by atoms with Crippen molar-refractivity contribution < 1.29 is 23.8 Å². The molecule has 5 heteroatoms. The van der Waals surface area contributed by atoms with Gasteiger partial charge in [0.05, 0.1) is 5.92 Å². The van der Waals surface area contributed by atoms with Crippen LogP contribution >= 0.6 is 0 Å². The Morgan fingerprint density at radius 3 is 2.59 bits per heavy atom. The summed E-state index contributed by atoms with van der Waals surface area (Å²) in [6.45, 7) is 8.78. The van der Waals surface area contributed by atoms with Gasteiger partial charge >= 0.3 is 11.9 Å². The first-order valence-corrected chi connectivity index (χ1v) is 10.7. The van der Waals surface area contributed by atoms with Crippen LogP contribution in [-0.2, 0) is 23.8 Å². The third kappa shape index (κ3) is 2.15. The van der Waals surface area contributed by atoms with E-state index in [0.29, 0.717) is 17.3 Å². The van der Waals surface area contributed by atoms with Crippen molar-refractivity contribution in [2.75, 3.05) is 0 Å². The summed E-state index contributed by atoms with van der Waals surface area (Å²) in [5.41, 5.74) is 0.264. The molecule has 0 radical (unpaired) electrons. The average molecular weight is 376 g/mol. The Kier molecular flexibility index (Phi) is 3.65. The molecule has 0 unspecified atom stereocenters. The second-order valence-corrected chi connectivity index (χ2v) is 10.7. The maximum absolute atomic E-state index is 12.5. The Balaban J connectivity index is 1.61. The largest absolute Gasteiger partial charge is 0.435 e. The summed E-state index contributed by atoms with van der Waals surface area (Å²) < 4.78 is 17.5. The second kappa shape index (κ2) is 5.49. The highest BCUT2D eigenvalue weighted by Crippen LogP contribution is 2.73. The lowest BCUT2D eigenvalue weighted by atomic mass is 9.38. The van der Waals surface area contributed by atoms with Gasteiger partial charge < -0.3 is 14.2 Å². The Morgan fingerprint density at radius 2 is 1.85 bits per heavy atom. The minimum absolute atomic E-state index is 0.0379. The van der Waals surface area contributed by atoms with E-state index in [9.17, 15) is 9.59 Å². The van der Waals surface area contributed by atoms with Crippen LogP contribution in [0.5, 0.6) is 0 Å². The van der Waals surface area contributed by atoms with E-state index in [-0.39, 0.29) is 34.6 Å². The molecule has 150 valence electrons. The maximum atomic E-state index is 12.5. The predicted octanol–water partition coefficient (Wildman–Crippen LogP) is 4.04. The van der Waals surface area contributed by atoms with Crippen molar-refractivity contribution in [3.63, 3.8) is 0 Å². The van der Waals surface area contributed by atoms with Gasteiger partial charge in [0.15, 0.2) is 0 Å². The topological polar surface area (TPSA) is 61.8 Å². The van der Waals surface area contributed by atoms with Gasteiger partial charge in [0.1, 0.15) is 0 Å². The lowest BCUT2D eigenvalue weighted by Gasteiger charge is -2.65. The molecule has 0 N–H and O–H groups in total. The fraction of sp³-hybridized carbons (Fsp3) is 0.909. The molecule has 2 saturated heterocycles. The van der Waals surface area contributed by atoms with Crippen molar-refractivity contribution >= 4 is 11.9 Å². The standard InChI is InChI=1S/C22H32O5/c1-12(23)25-19-22-11-8-14-20(2,3)9-5-10-21(14,4)15(22)7-6-13-16(22)18(27-19)26-17(13)24/h13-16,18-19H,5-11H2,1-4H3/t13-,14+,15-,16+,18+,19+,21+,22+/m1/s1. The van der Waals surface area contributed by atoms with Gasteiger partial charge in [-0.25, -0.2) is 0 Å². The van der Waals surface area contributed by atoms with Crippen LogP contribution in [0.15, 0.2) is 0 Å².